The lowest BCUT2D eigenvalue weighted by atomic mass is 10.1. The summed E-state index contributed by atoms with van der Waals surface area (Å²) in [5.74, 6) is 0.468. The zero-order valence-corrected chi connectivity index (χ0v) is 21.4. The van der Waals surface area contributed by atoms with Gasteiger partial charge in [0, 0.05) is 23.0 Å². The number of nitrogens with zero attached hydrogens (tertiary/aromatic N) is 2. The number of hydrogen-bond acceptors (Lipinski definition) is 6. The third-order valence-electron chi connectivity index (χ3n) is 5.24. The average molecular weight is 526 g/mol. The molecule has 0 aliphatic rings. The number of carbonyl (C=O) groups excluding carboxylic acids is 1. The first-order valence-corrected chi connectivity index (χ1v) is 12.8. The third-order valence-corrected chi connectivity index (χ3v) is 7.24. The van der Waals surface area contributed by atoms with Crippen LogP contribution in [0, 0.1) is 13.8 Å². The molecule has 0 radical (unpaired) electrons. The Labute approximate surface area is 214 Å². The summed E-state index contributed by atoms with van der Waals surface area (Å²) in [4.78, 5) is 12.9. The van der Waals surface area contributed by atoms with Crippen LogP contribution in [0.15, 0.2) is 82.7 Å². The molecule has 0 bridgehead atoms. The largest absolute Gasteiger partial charge is 0.497 e. The van der Waals surface area contributed by atoms with E-state index in [9.17, 15) is 13.2 Å². The van der Waals surface area contributed by atoms with E-state index < -0.39 is 15.7 Å². The summed E-state index contributed by atoms with van der Waals surface area (Å²) in [6.07, 6.45) is 1.62. The maximum atomic E-state index is 13.1. The summed E-state index contributed by atoms with van der Waals surface area (Å²) >= 11 is 5.88. The van der Waals surface area contributed by atoms with Gasteiger partial charge < -0.3 is 14.8 Å². The first-order chi connectivity index (χ1) is 17.1. The molecule has 0 unspecified atom stereocenters. The Morgan fingerprint density at radius 1 is 0.944 bits per heavy atom. The predicted octanol–water partition coefficient (Wildman–Crippen LogP) is 5.28. The predicted molar refractivity (Wildman–Crippen MR) is 137 cm³/mol. The Bertz CT molecular complexity index is 1490. The van der Waals surface area contributed by atoms with Crippen LogP contribution in [0.3, 0.4) is 0 Å². The summed E-state index contributed by atoms with van der Waals surface area (Å²) in [5, 5.41) is 7.36. The van der Waals surface area contributed by atoms with Crippen molar-refractivity contribution in [2.24, 2.45) is 0 Å². The number of sulfone groups is 1. The van der Waals surface area contributed by atoms with E-state index in [0.717, 1.165) is 11.1 Å². The van der Waals surface area contributed by atoms with E-state index in [2.05, 4.69) is 10.4 Å². The zero-order valence-electron chi connectivity index (χ0n) is 19.9. The van der Waals surface area contributed by atoms with Gasteiger partial charge in [0.15, 0.2) is 12.4 Å². The molecule has 0 spiro atoms. The summed E-state index contributed by atoms with van der Waals surface area (Å²) in [5.41, 5.74) is 2.56. The molecular weight excluding hydrogens is 502 g/mol. The van der Waals surface area contributed by atoms with Gasteiger partial charge in [-0.1, -0.05) is 17.7 Å². The second-order valence-electron chi connectivity index (χ2n) is 8.15. The van der Waals surface area contributed by atoms with Crippen molar-refractivity contribution in [3.8, 4) is 11.5 Å². The number of nitrogens with one attached hydrogen (secondary N) is 1. The zero-order chi connectivity index (χ0) is 25.9. The molecule has 4 aromatic rings. The maximum absolute atomic E-state index is 13.1. The van der Waals surface area contributed by atoms with Crippen LogP contribution >= 0.6 is 11.6 Å². The Kier molecular flexibility index (Phi) is 7.32. The van der Waals surface area contributed by atoms with Crippen LogP contribution in [0.1, 0.15) is 21.6 Å². The Hall–Kier alpha value is -3.82. The molecule has 186 valence electrons. The Balaban J connectivity index is 1.50. The van der Waals surface area contributed by atoms with Crippen LogP contribution in [0.4, 0.5) is 5.69 Å². The lowest BCUT2D eigenvalue weighted by Gasteiger charge is -2.11. The first kappa shape index (κ1) is 25.3. The molecule has 10 heteroatoms. The molecule has 3 aromatic carbocycles. The van der Waals surface area contributed by atoms with Gasteiger partial charge in [-0.05, 0) is 79.6 Å². The van der Waals surface area contributed by atoms with E-state index in [1.165, 1.54) is 54.3 Å². The molecule has 1 heterocycles. The number of rotatable bonds is 8. The van der Waals surface area contributed by atoms with Crippen LogP contribution in [-0.4, -0.2) is 31.2 Å². The van der Waals surface area contributed by atoms with Gasteiger partial charge in [0.2, 0.25) is 9.84 Å². The number of halogens is 1. The van der Waals surface area contributed by atoms with Gasteiger partial charge in [0.1, 0.15) is 11.5 Å². The van der Waals surface area contributed by atoms with Crippen LogP contribution < -0.4 is 14.8 Å². The number of hydrogen-bond donors (Lipinski definition) is 1. The number of methoxy groups -OCH3 is 1. The van der Waals surface area contributed by atoms with Gasteiger partial charge in [-0.15, -0.1) is 0 Å². The molecule has 1 amide bonds. The Morgan fingerprint density at radius 3 is 2.31 bits per heavy atom. The van der Waals surface area contributed by atoms with Gasteiger partial charge >= 0.3 is 0 Å². The molecule has 1 aromatic heterocycles. The summed E-state index contributed by atoms with van der Waals surface area (Å²) < 4.78 is 38.8. The van der Waals surface area contributed by atoms with E-state index in [1.54, 1.807) is 12.3 Å². The van der Waals surface area contributed by atoms with E-state index in [4.69, 9.17) is 21.1 Å². The molecule has 8 nitrogen and oxygen atoms in total. The van der Waals surface area contributed by atoms with Crippen LogP contribution in [0.5, 0.6) is 11.5 Å². The fourth-order valence-corrected chi connectivity index (χ4v) is 5.02. The summed E-state index contributed by atoms with van der Waals surface area (Å²) in [6.45, 7) is 4.10. The van der Waals surface area contributed by atoms with Crippen molar-refractivity contribution in [2.45, 2.75) is 30.4 Å². The maximum Gasteiger partial charge on any atom is 0.276 e. The van der Waals surface area contributed by atoms with Gasteiger partial charge in [0.05, 0.1) is 16.9 Å². The van der Waals surface area contributed by atoms with Gasteiger partial charge in [-0.25, -0.2) is 13.1 Å². The number of aryl methyl sites for hydroxylation is 2. The molecule has 4 rings (SSSR count). The monoisotopic (exact) mass is 525 g/mol. The SMILES string of the molecule is COc1cc(NC(=O)c2ccn(COc3cc(C)cc(C)c3)n2)cc(S(=O)(=O)c2ccc(Cl)cc2)c1. The fourth-order valence-electron chi connectivity index (χ4n) is 3.57. The highest BCUT2D eigenvalue weighted by Crippen LogP contribution is 2.29. The molecule has 0 aliphatic heterocycles. The lowest BCUT2D eigenvalue weighted by molar-refractivity contribution is 0.102. The standard InChI is InChI=1S/C26H24ClN3O5S/c1-17-10-18(2)12-22(11-17)35-16-30-9-8-25(29-30)26(31)28-20-13-21(34-3)15-24(14-20)36(32,33)23-6-4-19(27)5-7-23/h4-15H,16H2,1-3H3,(H,28,31). The summed E-state index contributed by atoms with van der Waals surface area (Å²) in [6, 6.07) is 17.5. The third kappa shape index (κ3) is 5.87. The second kappa shape index (κ2) is 10.4. The molecule has 0 saturated heterocycles. The van der Waals surface area contributed by atoms with E-state index in [0.29, 0.717) is 10.8 Å². The number of anilines is 1. The molecule has 36 heavy (non-hydrogen) atoms. The van der Waals surface area contributed by atoms with Gasteiger partial charge in [-0.3, -0.25) is 4.79 Å². The number of amides is 1. The van der Waals surface area contributed by atoms with Crippen molar-refractivity contribution in [3.05, 3.63) is 94.8 Å². The van der Waals surface area contributed by atoms with Crippen molar-refractivity contribution >= 4 is 33.0 Å². The number of benzene rings is 3. The molecular formula is C26H24ClN3O5S. The smallest absolute Gasteiger partial charge is 0.276 e. The number of ether oxygens (including phenoxy) is 2. The normalized spacial score (nSPS) is 11.2. The van der Waals surface area contributed by atoms with Crippen LogP contribution in [0.2, 0.25) is 5.02 Å². The van der Waals surface area contributed by atoms with Crippen LogP contribution in [0.25, 0.3) is 0 Å². The highest BCUT2D eigenvalue weighted by atomic mass is 35.5. The quantitative estimate of drug-likeness (QED) is 0.336. The molecule has 0 fully saturated rings. The number of aromatic nitrogens is 2. The highest BCUT2D eigenvalue weighted by Gasteiger charge is 2.20. The molecule has 0 atom stereocenters. The minimum Gasteiger partial charge on any atom is -0.497 e. The minimum absolute atomic E-state index is 0.0353. The molecule has 0 aliphatic carbocycles. The van der Waals surface area contributed by atoms with Crippen molar-refractivity contribution in [1.29, 1.82) is 0 Å². The van der Waals surface area contributed by atoms with E-state index >= 15 is 0 Å². The topological polar surface area (TPSA) is 99.5 Å². The Morgan fingerprint density at radius 2 is 1.64 bits per heavy atom. The van der Waals surface area contributed by atoms with Crippen molar-refractivity contribution in [3.63, 3.8) is 0 Å². The lowest BCUT2D eigenvalue weighted by Crippen LogP contribution is -2.15. The molecule has 1 N–H and O–H groups in total. The highest BCUT2D eigenvalue weighted by molar-refractivity contribution is 7.91. The summed E-state index contributed by atoms with van der Waals surface area (Å²) in [7, 11) is -2.46. The fraction of sp³-hybridized carbons (Fsp3) is 0.154. The van der Waals surface area contributed by atoms with Crippen molar-refractivity contribution in [1.82, 2.24) is 9.78 Å². The minimum atomic E-state index is -3.87. The van der Waals surface area contributed by atoms with Gasteiger partial charge in [0.25, 0.3) is 5.91 Å². The number of carbonyl (C=O) groups is 1. The molecule has 0 saturated carbocycles. The van der Waals surface area contributed by atoms with Crippen molar-refractivity contribution < 1.29 is 22.7 Å². The average Bonchev–Trinajstić information content (AvgIpc) is 3.31. The first-order valence-electron chi connectivity index (χ1n) is 10.9. The van der Waals surface area contributed by atoms with Crippen LogP contribution in [-0.2, 0) is 16.6 Å². The second-order valence-corrected chi connectivity index (χ2v) is 10.5. The van der Waals surface area contributed by atoms with E-state index in [-0.39, 0.29) is 33.7 Å². The van der Waals surface area contributed by atoms with Crippen molar-refractivity contribution in [2.75, 3.05) is 12.4 Å². The van der Waals surface area contributed by atoms with Gasteiger partial charge in [-0.2, -0.15) is 5.10 Å². The van der Waals surface area contributed by atoms with E-state index in [1.807, 2.05) is 32.0 Å².